The van der Waals surface area contributed by atoms with Crippen molar-refractivity contribution in [2.75, 3.05) is 11.1 Å². The van der Waals surface area contributed by atoms with Crippen molar-refractivity contribution in [3.63, 3.8) is 0 Å². The number of nitrogens with two attached hydrogens (primary N) is 1. The predicted molar refractivity (Wildman–Crippen MR) is 65.2 cm³/mol. The molecular formula is C12H11F3N4. The fourth-order valence-electron chi connectivity index (χ4n) is 1.49. The summed E-state index contributed by atoms with van der Waals surface area (Å²) in [6.07, 6.45) is -1.53. The van der Waals surface area contributed by atoms with E-state index in [9.17, 15) is 13.2 Å². The van der Waals surface area contributed by atoms with Crippen LogP contribution in [0.4, 0.5) is 24.7 Å². The van der Waals surface area contributed by atoms with Crippen LogP contribution in [0.3, 0.4) is 0 Å². The number of alkyl halides is 3. The van der Waals surface area contributed by atoms with Crippen molar-refractivity contribution < 1.29 is 13.2 Å². The Morgan fingerprint density at radius 1 is 1.16 bits per heavy atom. The van der Waals surface area contributed by atoms with E-state index in [1.807, 2.05) is 0 Å². The Bertz CT molecular complexity index is 552. The predicted octanol–water partition coefficient (Wildman–Crippen LogP) is 2.69. The van der Waals surface area contributed by atoms with Crippen LogP contribution in [0.5, 0.6) is 0 Å². The molecule has 0 amide bonds. The van der Waals surface area contributed by atoms with Crippen molar-refractivity contribution in [2.45, 2.75) is 12.7 Å². The van der Waals surface area contributed by atoms with Crippen LogP contribution in [0, 0.1) is 0 Å². The average molecular weight is 268 g/mol. The maximum atomic E-state index is 12.4. The van der Waals surface area contributed by atoms with Gasteiger partial charge < -0.3 is 11.1 Å². The molecular weight excluding hydrogens is 257 g/mol. The Kier molecular flexibility index (Phi) is 3.55. The highest BCUT2D eigenvalue weighted by molar-refractivity contribution is 5.59. The second-order valence-corrected chi connectivity index (χ2v) is 3.87. The third-order valence-corrected chi connectivity index (χ3v) is 2.48. The molecule has 1 heterocycles. The molecule has 4 nitrogen and oxygen atoms in total. The van der Waals surface area contributed by atoms with Crippen molar-refractivity contribution in [2.24, 2.45) is 0 Å². The molecule has 3 N–H and O–H groups in total. The highest BCUT2D eigenvalue weighted by Crippen LogP contribution is 2.29. The number of halogens is 3. The summed E-state index contributed by atoms with van der Waals surface area (Å²) in [5, 5.41) is 2.93. The van der Waals surface area contributed by atoms with E-state index in [0.29, 0.717) is 23.6 Å². The minimum Gasteiger partial charge on any atom is -0.394 e. The zero-order valence-corrected chi connectivity index (χ0v) is 9.78. The van der Waals surface area contributed by atoms with Gasteiger partial charge >= 0.3 is 6.18 Å². The highest BCUT2D eigenvalue weighted by Gasteiger charge is 2.29. The quantitative estimate of drug-likeness (QED) is 0.898. The largest absolute Gasteiger partial charge is 0.416 e. The van der Waals surface area contributed by atoms with Gasteiger partial charge in [-0.05, 0) is 17.7 Å². The van der Waals surface area contributed by atoms with Crippen LogP contribution in [0.15, 0.2) is 36.8 Å². The summed E-state index contributed by atoms with van der Waals surface area (Å²) in [6.45, 7) is 0.333. The number of hydrogen-bond acceptors (Lipinski definition) is 4. The van der Waals surface area contributed by atoms with Crippen molar-refractivity contribution in [3.05, 3.63) is 47.9 Å². The summed E-state index contributed by atoms with van der Waals surface area (Å²) in [5.41, 5.74) is 6.04. The number of nitrogen functional groups attached to an aromatic ring is 1. The van der Waals surface area contributed by atoms with Gasteiger partial charge in [-0.2, -0.15) is 13.2 Å². The van der Waals surface area contributed by atoms with E-state index in [1.54, 1.807) is 0 Å². The first-order valence-electron chi connectivity index (χ1n) is 5.42. The number of nitrogens with zero attached hydrogens (tertiary/aromatic N) is 2. The molecule has 2 rings (SSSR count). The molecule has 0 saturated carbocycles. The van der Waals surface area contributed by atoms with Crippen LogP contribution in [0.2, 0.25) is 0 Å². The number of nitrogens with one attached hydrogen (secondary N) is 1. The third-order valence-electron chi connectivity index (χ3n) is 2.48. The first-order chi connectivity index (χ1) is 8.97. The van der Waals surface area contributed by atoms with E-state index in [1.165, 1.54) is 24.7 Å². The molecule has 19 heavy (non-hydrogen) atoms. The number of rotatable bonds is 3. The summed E-state index contributed by atoms with van der Waals surface area (Å²) in [5.74, 6) is 0.454. The first kappa shape index (κ1) is 13.1. The molecule has 100 valence electrons. The maximum absolute atomic E-state index is 12.4. The molecule has 1 aromatic carbocycles. The standard InChI is InChI=1S/C12H11F3N4/c13-12(14,15)9-3-1-8(2-4-9)5-18-11-10(16)6-17-7-19-11/h1-4,6-7H,5,16H2,(H,17,18,19). The van der Waals surface area contributed by atoms with Crippen LogP contribution in [0.25, 0.3) is 0 Å². The Labute approximate surface area is 107 Å². The van der Waals surface area contributed by atoms with E-state index in [-0.39, 0.29) is 0 Å². The number of benzene rings is 1. The van der Waals surface area contributed by atoms with Crippen LogP contribution < -0.4 is 11.1 Å². The molecule has 0 fully saturated rings. The van der Waals surface area contributed by atoms with Crippen molar-refractivity contribution in [1.29, 1.82) is 0 Å². The molecule has 0 aliphatic rings. The van der Waals surface area contributed by atoms with E-state index in [4.69, 9.17) is 5.73 Å². The normalized spacial score (nSPS) is 11.3. The molecule has 0 radical (unpaired) electrons. The van der Waals surface area contributed by atoms with Crippen molar-refractivity contribution in [3.8, 4) is 0 Å². The molecule has 0 aliphatic carbocycles. The lowest BCUT2D eigenvalue weighted by Gasteiger charge is -2.09. The number of anilines is 2. The second kappa shape index (κ2) is 5.13. The van der Waals surface area contributed by atoms with Gasteiger partial charge in [0.15, 0.2) is 5.82 Å². The molecule has 2 aromatic rings. The molecule has 0 saturated heterocycles. The minimum absolute atomic E-state index is 0.333. The molecule has 7 heteroatoms. The first-order valence-corrected chi connectivity index (χ1v) is 5.42. The lowest BCUT2D eigenvalue weighted by atomic mass is 10.1. The Hall–Kier alpha value is -2.31. The summed E-state index contributed by atoms with van der Waals surface area (Å²) in [6, 6.07) is 4.90. The molecule has 0 aliphatic heterocycles. The van der Waals surface area contributed by atoms with Crippen molar-refractivity contribution in [1.82, 2.24) is 9.97 Å². The summed E-state index contributed by atoms with van der Waals surface area (Å²) < 4.78 is 37.1. The van der Waals surface area contributed by atoms with Gasteiger partial charge in [-0.15, -0.1) is 0 Å². The van der Waals surface area contributed by atoms with Crippen LogP contribution in [0.1, 0.15) is 11.1 Å². The summed E-state index contributed by atoms with van der Waals surface area (Å²) in [4.78, 5) is 7.66. The summed E-state index contributed by atoms with van der Waals surface area (Å²) in [7, 11) is 0. The van der Waals surface area contributed by atoms with Gasteiger partial charge in [-0.1, -0.05) is 12.1 Å². The fraction of sp³-hybridized carbons (Fsp3) is 0.167. The van der Waals surface area contributed by atoms with E-state index < -0.39 is 11.7 Å². The molecule has 0 spiro atoms. The van der Waals surface area contributed by atoms with Crippen LogP contribution >= 0.6 is 0 Å². The third kappa shape index (κ3) is 3.34. The van der Waals surface area contributed by atoms with E-state index >= 15 is 0 Å². The number of hydrogen-bond donors (Lipinski definition) is 2. The zero-order valence-electron chi connectivity index (χ0n) is 9.78. The maximum Gasteiger partial charge on any atom is 0.416 e. The smallest absolute Gasteiger partial charge is 0.394 e. The SMILES string of the molecule is Nc1cncnc1NCc1ccc(C(F)(F)F)cc1. The number of aromatic nitrogens is 2. The van der Waals surface area contributed by atoms with E-state index in [0.717, 1.165) is 12.1 Å². The summed E-state index contributed by atoms with van der Waals surface area (Å²) >= 11 is 0. The minimum atomic E-state index is -4.32. The van der Waals surface area contributed by atoms with Gasteiger partial charge in [0, 0.05) is 6.54 Å². The second-order valence-electron chi connectivity index (χ2n) is 3.87. The topological polar surface area (TPSA) is 63.8 Å². The molecule has 1 aromatic heterocycles. The fourth-order valence-corrected chi connectivity index (χ4v) is 1.49. The van der Waals surface area contributed by atoms with Crippen LogP contribution in [-0.2, 0) is 12.7 Å². The lowest BCUT2D eigenvalue weighted by Crippen LogP contribution is -2.07. The van der Waals surface area contributed by atoms with Crippen molar-refractivity contribution >= 4 is 11.5 Å². The van der Waals surface area contributed by atoms with Gasteiger partial charge in [-0.25, -0.2) is 9.97 Å². The van der Waals surface area contributed by atoms with Crippen LogP contribution in [-0.4, -0.2) is 9.97 Å². The van der Waals surface area contributed by atoms with Gasteiger partial charge in [0.25, 0.3) is 0 Å². The lowest BCUT2D eigenvalue weighted by molar-refractivity contribution is -0.137. The molecule has 0 bridgehead atoms. The zero-order chi connectivity index (χ0) is 13.9. The van der Waals surface area contributed by atoms with Gasteiger partial charge in [-0.3, -0.25) is 0 Å². The average Bonchev–Trinajstić information content (AvgIpc) is 2.37. The molecule has 0 atom stereocenters. The van der Waals surface area contributed by atoms with Gasteiger partial charge in [0.1, 0.15) is 6.33 Å². The Morgan fingerprint density at radius 2 is 1.84 bits per heavy atom. The van der Waals surface area contributed by atoms with Gasteiger partial charge in [0.2, 0.25) is 0 Å². The Balaban J connectivity index is 2.03. The Morgan fingerprint density at radius 3 is 2.42 bits per heavy atom. The molecule has 0 unspecified atom stereocenters. The van der Waals surface area contributed by atoms with E-state index in [2.05, 4.69) is 15.3 Å². The van der Waals surface area contributed by atoms with Gasteiger partial charge in [0.05, 0.1) is 17.4 Å². The monoisotopic (exact) mass is 268 g/mol. The highest BCUT2D eigenvalue weighted by atomic mass is 19.4.